The summed E-state index contributed by atoms with van der Waals surface area (Å²) in [5.41, 5.74) is 1.75. The van der Waals surface area contributed by atoms with Gasteiger partial charge in [-0.2, -0.15) is 0 Å². The van der Waals surface area contributed by atoms with Crippen molar-refractivity contribution in [3.05, 3.63) is 72.5 Å². The molecular formula is C21H16FNO4S. The molecule has 1 amide bonds. The fourth-order valence-corrected chi connectivity index (χ4v) is 4.28. The van der Waals surface area contributed by atoms with E-state index in [4.69, 9.17) is 4.42 Å². The second kappa shape index (κ2) is 6.76. The van der Waals surface area contributed by atoms with Gasteiger partial charge in [0.1, 0.15) is 22.2 Å². The van der Waals surface area contributed by atoms with Gasteiger partial charge in [-0.3, -0.25) is 4.79 Å². The first-order valence-corrected chi connectivity index (χ1v) is 10.1. The highest BCUT2D eigenvalue weighted by molar-refractivity contribution is 7.92. The van der Waals surface area contributed by atoms with Crippen molar-refractivity contribution in [3.8, 4) is 0 Å². The van der Waals surface area contributed by atoms with E-state index < -0.39 is 26.8 Å². The summed E-state index contributed by atoms with van der Waals surface area (Å²) in [4.78, 5) is 12.4. The molecule has 0 bridgehead atoms. The molecule has 0 unspecified atom stereocenters. The molecule has 0 spiro atoms. The van der Waals surface area contributed by atoms with Gasteiger partial charge in [0.05, 0.1) is 4.90 Å². The third-order valence-corrected chi connectivity index (χ3v) is 6.70. The van der Waals surface area contributed by atoms with Gasteiger partial charge < -0.3 is 9.73 Å². The highest BCUT2D eigenvalue weighted by Crippen LogP contribution is 2.30. The lowest BCUT2D eigenvalue weighted by molar-refractivity contribution is -0.115. The van der Waals surface area contributed by atoms with Gasteiger partial charge in [-0.1, -0.05) is 18.2 Å². The Hall–Kier alpha value is -3.19. The molecule has 0 aliphatic carbocycles. The Kier molecular flexibility index (Phi) is 4.39. The summed E-state index contributed by atoms with van der Waals surface area (Å²) < 4.78 is 44.0. The third kappa shape index (κ3) is 3.14. The molecule has 1 aromatic heterocycles. The fraction of sp³-hybridized carbons (Fsp3) is 0.0952. The number of sulfone groups is 1. The van der Waals surface area contributed by atoms with Crippen LogP contribution in [0.1, 0.15) is 6.92 Å². The van der Waals surface area contributed by atoms with Crippen LogP contribution < -0.4 is 5.32 Å². The zero-order valence-corrected chi connectivity index (χ0v) is 15.7. The fourth-order valence-electron chi connectivity index (χ4n) is 3.02. The summed E-state index contributed by atoms with van der Waals surface area (Å²) in [6.07, 6.45) is 0. The Morgan fingerprint density at radius 3 is 2.39 bits per heavy atom. The van der Waals surface area contributed by atoms with Gasteiger partial charge in [-0.15, -0.1) is 0 Å². The van der Waals surface area contributed by atoms with Crippen molar-refractivity contribution >= 4 is 43.4 Å². The third-order valence-electron chi connectivity index (χ3n) is 4.62. The van der Waals surface area contributed by atoms with Crippen LogP contribution in [0.5, 0.6) is 0 Å². The number of rotatable bonds is 4. The number of furan rings is 1. The average molecular weight is 397 g/mol. The van der Waals surface area contributed by atoms with E-state index in [0.717, 1.165) is 40.6 Å². The largest absolute Gasteiger partial charge is 0.456 e. The molecule has 0 radical (unpaired) electrons. The van der Waals surface area contributed by atoms with Crippen LogP contribution in [0.25, 0.3) is 21.9 Å². The molecule has 1 heterocycles. The van der Waals surface area contributed by atoms with Crippen LogP contribution in [0, 0.1) is 5.82 Å². The first-order chi connectivity index (χ1) is 13.4. The van der Waals surface area contributed by atoms with Crippen LogP contribution in [0.3, 0.4) is 0 Å². The normalized spacial score (nSPS) is 12.9. The Bertz CT molecular complexity index is 1290. The molecule has 1 atom stereocenters. The van der Waals surface area contributed by atoms with E-state index in [0.29, 0.717) is 11.3 Å². The van der Waals surface area contributed by atoms with E-state index in [-0.39, 0.29) is 4.90 Å². The molecule has 3 aromatic carbocycles. The number of halogens is 1. The molecule has 4 aromatic rings. The van der Waals surface area contributed by atoms with Crippen molar-refractivity contribution < 1.29 is 22.0 Å². The molecule has 0 saturated heterocycles. The molecule has 1 N–H and O–H groups in total. The maximum Gasteiger partial charge on any atom is 0.242 e. The van der Waals surface area contributed by atoms with Crippen molar-refractivity contribution in [2.75, 3.05) is 5.32 Å². The van der Waals surface area contributed by atoms with Crippen molar-refractivity contribution in [1.82, 2.24) is 0 Å². The van der Waals surface area contributed by atoms with Gasteiger partial charge in [0.2, 0.25) is 5.91 Å². The summed E-state index contributed by atoms with van der Waals surface area (Å²) in [6.45, 7) is 1.30. The first kappa shape index (κ1) is 18.2. The van der Waals surface area contributed by atoms with Crippen LogP contribution in [0.4, 0.5) is 10.1 Å². The van der Waals surface area contributed by atoms with Crippen LogP contribution in [0.2, 0.25) is 0 Å². The standard InChI is InChI=1S/C21H16FNO4S/c1-13(28(25,26)16-9-6-14(22)7-10-16)21(24)23-15-8-11-18-17-4-2-3-5-19(17)27-20(18)12-15/h2-13H,1H3,(H,23,24)/t13-/m1/s1. The Morgan fingerprint density at radius 2 is 1.64 bits per heavy atom. The minimum absolute atomic E-state index is 0.107. The zero-order valence-electron chi connectivity index (χ0n) is 14.8. The highest BCUT2D eigenvalue weighted by atomic mass is 32.2. The molecule has 5 nitrogen and oxygen atoms in total. The second-order valence-corrected chi connectivity index (χ2v) is 8.71. The number of nitrogens with one attached hydrogen (secondary N) is 1. The van der Waals surface area contributed by atoms with E-state index in [1.807, 2.05) is 30.3 Å². The molecule has 7 heteroatoms. The predicted molar refractivity (Wildman–Crippen MR) is 105 cm³/mol. The maximum absolute atomic E-state index is 13.0. The summed E-state index contributed by atoms with van der Waals surface area (Å²) in [5.74, 6) is -1.23. The average Bonchev–Trinajstić information content (AvgIpc) is 3.05. The molecule has 0 fully saturated rings. The topological polar surface area (TPSA) is 76.4 Å². The number of amides is 1. The summed E-state index contributed by atoms with van der Waals surface area (Å²) in [7, 11) is -3.94. The number of anilines is 1. The second-order valence-electron chi connectivity index (χ2n) is 6.44. The lowest BCUT2D eigenvalue weighted by atomic mass is 10.1. The first-order valence-electron chi connectivity index (χ1n) is 8.58. The SMILES string of the molecule is C[C@H](C(=O)Nc1ccc2c(c1)oc1ccccc12)S(=O)(=O)c1ccc(F)cc1. The van der Waals surface area contributed by atoms with Crippen LogP contribution >= 0.6 is 0 Å². The predicted octanol–water partition coefficient (Wildman–Crippen LogP) is 4.53. The number of hydrogen-bond acceptors (Lipinski definition) is 4. The summed E-state index contributed by atoms with van der Waals surface area (Å²) in [6, 6.07) is 17.1. The number of fused-ring (bicyclic) bond motifs is 3. The van der Waals surface area contributed by atoms with E-state index >= 15 is 0 Å². The van der Waals surface area contributed by atoms with Crippen molar-refractivity contribution in [2.24, 2.45) is 0 Å². The molecule has 0 aliphatic heterocycles. The molecule has 4 rings (SSSR count). The molecular weight excluding hydrogens is 381 g/mol. The highest BCUT2D eigenvalue weighted by Gasteiger charge is 2.30. The van der Waals surface area contributed by atoms with E-state index in [9.17, 15) is 17.6 Å². The van der Waals surface area contributed by atoms with E-state index in [1.54, 1.807) is 12.1 Å². The number of para-hydroxylation sites is 1. The van der Waals surface area contributed by atoms with Crippen molar-refractivity contribution in [3.63, 3.8) is 0 Å². The lowest BCUT2D eigenvalue weighted by Crippen LogP contribution is -2.32. The van der Waals surface area contributed by atoms with Crippen LogP contribution in [-0.2, 0) is 14.6 Å². The smallest absolute Gasteiger partial charge is 0.242 e. The summed E-state index contributed by atoms with van der Waals surface area (Å²) >= 11 is 0. The van der Waals surface area contributed by atoms with Crippen molar-refractivity contribution in [1.29, 1.82) is 0 Å². The van der Waals surface area contributed by atoms with E-state index in [2.05, 4.69) is 5.32 Å². The Balaban J connectivity index is 1.60. The van der Waals surface area contributed by atoms with Crippen LogP contribution in [0.15, 0.2) is 76.0 Å². The van der Waals surface area contributed by atoms with Crippen LogP contribution in [-0.4, -0.2) is 19.6 Å². The van der Waals surface area contributed by atoms with Gasteiger partial charge in [-0.05, 0) is 49.4 Å². The minimum atomic E-state index is -3.94. The minimum Gasteiger partial charge on any atom is -0.456 e. The van der Waals surface area contributed by atoms with Gasteiger partial charge in [0.15, 0.2) is 9.84 Å². The number of carbonyl (C=O) groups is 1. The molecule has 0 aliphatic rings. The lowest BCUT2D eigenvalue weighted by Gasteiger charge is -2.13. The number of hydrogen-bond donors (Lipinski definition) is 1. The van der Waals surface area contributed by atoms with Gasteiger partial charge in [0.25, 0.3) is 0 Å². The zero-order chi connectivity index (χ0) is 19.9. The van der Waals surface area contributed by atoms with Gasteiger partial charge in [0, 0.05) is 22.5 Å². The van der Waals surface area contributed by atoms with Gasteiger partial charge >= 0.3 is 0 Å². The summed E-state index contributed by atoms with van der Waals surface area (Å²) in [5, 5.41) is 3.13. The number of carbonyl (C=O) groups excluding carboxylic acids is 1. The monoisotopic (exact) mass is 397 g/mol. The van der Waals surface area contributed by atoms with Gasteiger partial charge in [-0.25, -0.2) is 12.8 Å². The van der Waals surface area contributed by atoms with Crippen molar-refractivity contribution in [2.45, 2.75) is 17.1 Å². The molecule has 28 heavy (non-hydrogen) atoms. The molecule has 0 saturated carbocycles. The quantitative estimate of drug-likeness (QED) is 0.514. The Labute approximate surface area is 160 Å². The Morgan fingerprint density at radius 1 is 0.964 bits per heavy atom. The maximum atomic E-state index is 13.0. The number of benzene rings is 3. The molecule has 142 valence electrons. The van der Waals surface area contributed by atoms with E-state index in [1.165, 1.54) is 6.92 Å².